The highest BCUT2D eigenvalue weighted by atomic mass is 15.1. The quantitative estimate of drug-likeness (QED) is 0.878. The Labute approximate surface area is 111 Å². The summed E-state index contributed by atoms with van der Waals surface area (Å²) in [5.41, 5.74) is 2.88. The van der Waals surface area contributed by atoms with Crippen LogP contribution in [0.1, 0.15) is 31.4 Å². The van der Waals surface area contributed by atoms with Crippen LogP contribution in [-0.2, 0) is 13.0 Å². The zero-order valence-electron chi connectivity index (χ0n) is 11.9. The van der Waals surface area contributed by atoms with Crippen molar-refractivity contribution in [2.75, 3.05) is 20.1 Å². The van der Waals surface area contributed by atoms with E-state index < -0.39 is 0 Å². The second-order valence-electron chi connectivity index (χ2n) is 5.57. The molecular weight excluding hydrogens is 220 g/mol. The van der Waals surface area contributed by atoms with Crippen molar-refractivity contribution in [1.29, 1.82) is 0 Å². The SMILES string of the molecule is CCc1ccc(CN2CCC(NC)C(C)C2)cc1. The van der Waals surface area contributed by atoms with E-state index >= 15 is 0 Å². The molecule has 100 valence electrons. The van der Waals surface area contributed by atoms with Crippen LogP contribution in [0.4, 0.5) is 0 Å². The number of nitrogens with zero attached hydrogens (tertiary/aromatic N) is 1. The summed E-state index contributed by atoms with van der Waals surface area (Å²) < 4.78 is 0. The zero-order chi connectivity index (χ0) is 13.0. The number of aryl methyl sites for hydroxylation is 1. The van der Waals surface area contributed by atoms with Gasteiger partial charge in [0.15, 0.2) is 0 Å². The number of piperidine rings is 1. The van der Waals surface area contributed by atoms with E-state index in [2.05, 4.69) is 55.4 Å². The molecule has 1 aliphatic heterocycles. The van der Waals surface area contributed by atoms with E-state index in [-0.39, 0.29) is 0 Å². The van der Waals surface area contributed by atoms with Crippen LogP contribution in [0.5, 0.6) is 0 Å². The summed E-state index contributed by atoms with van der Waals surface area (Å²) in [5.74, 6) is 0.749. The van der Waals surface area contributed by atoms with Crippen LogP contribution in [0, 0.1) is 5.92 Å². The van der Waals surface area contributed by atoms with E-state index in [1.54, 1.807) is 0 Å². The van der Waals surface area contributed by atoms with Crippen LogP contribution in [0.25, 0.3) is 0 Å². The van der Waals surface area contributed by atoms with Crippen molar-refractivity contribution in [2.24, 2.45) is 5.92 Å². The molecule has 0 spiro atoms. The molecule has 1 heterocycles. The molecule has 1 aromatic rings. The maximum absolute atomic E-state index is 3.43. The summed E-state index contributed by atoms with van der Waals surface area (Å²) in [5, 5.41) is 3.43. The predicted octanol–water partition coefficient (Wildman–Crippen LogP) is 2.68. The molecule has 18 heavy (non-hydrogen) atoms. The molecule has 0 radical (unpaired) electrons. The Kier molecular flexibility index (Phi) is 4.79. The van der Waals surface area contributed by atoms with Crippen LogP contribution in [0.2, 0.25) is 0 Å². The van der Waals surface area contributed by atoms with E-state index in [9.17, 15) is 0 Å². The fraction of sp³-hybridized carbons (Fsp3) is 0.625. The molecule has 0 aliphatic carbocycles. The van der Waals surface area contributed by atoms with Crippen molar-refractivity contribution >= 4 is 0 Å². The van der Waals surface area contributed by atoms with Crippen molar-refractivity contribution in [3.05, 3.63) is 35.4 Å². The number of rotatable bonds is 4. The highest BCUT2D eigenvalue weighted by molar-refractivity contribution is 5.22. The van der Waals surface area contributed by atoms with Crippen molar-refractivity contribution in [3.63, 3.8) is 0 Å². The van der Waals surface area contributed by atoms with Crippen molar-refractivity contribution in [1.82, 2.24) is 10.2 Å². The van der Waals surface area contributed by atoms with Crippen LogP contribution >= 0.6 is 0 Å². The van der Waals surface area contributed by atoms with Crippen LogP contribution in [0.15, 0.2) is 24.3 Å². The topological polar surface area (TPSA) is 15.3 Å². The molecule has 1 aromatic carbocycles. The number of nitrogens with one attached hydrogen (secondary N) is 1. The Morgan fingerprint density at radius 3 is 2.44 bits per heavy atom. The first-order chi connectivity index (χ1) is 8.72. The average molecular weight is 246 g/mol. The van der Waals surface area contributed by atoms with Gasteiger partial charge in [-0.05, 0) is 43.5 Å². The first kappa shape index (κ1) is 13.6. The third-order valence-corrected chi connectivity index (χ3v) is 4.20. The first-order valence-electron chi connectivity index (χ1n) is 7.20. The Morgan fingerprint density at radius 1 is 1.22 bits per heavy atom. The van der Waals surface area contributed by atoms with E-state index in [1.807, 2.05) is 0 Å². The Balaban J connectivity index is 1.89. The minimum Gasteiger partial charge on any atom is -0.317 e. The summed E-state index contributed by atoms with van der Waals surface area (Å²) >= 11 is 0. The Hall–Kier alpha value is -0.860. The standard InChI is InChI=1S/C16H26N2/c1-4-14-5-7-15(8-6-14)12-18-10-9-16(17-3)13(2)11-18/h5-8,13,16-17H,4,9-12H2,1-3H3. The van der Waals surface area contributed by atoms with E-state index in [4.69, 9.17) is 0 Å². The van der Waals surface area contributed by atoms with Gasteiger partial charge in [0.2, 0.25) is 0 Å². The molecule has 2 unspecified atom stereocenters. The average Bonchev–Trinajstić information content (AvgIpc) is 2.40. The monoisotopic (exact) mass is 246 g/mol. The number of hydrogen-bond donors (Lipinski definition) is 1. The molecule has 1 fully saturated rings. The van der Waals surface area contributed by atoms with Gasteiger partial charge in [-0.1, -0.05) is 38.1 Å². The van der Waals surface area contributed by atoms with Gasteiger partial charge in [-0.3, -0.25) is 4.90 Å². The molecule has 0 amide bonds. The lowest BCUT2D eigenvalue weighted by Crippen LogP contribution is -2.46. The summed E-state index contributed by atoms with van der Waals surface area (Å²) in [6.07, 6.45) is 2.40. The lowest BCUT2D eigenvalue weighted by Gasteiger charge is -2.36. The summed E-state index contributed by atoms with van der Waals surface area (Å²) in [6, 6.07) is 9.79. The maximum atomic E-state index is 3.43. The van der Waals surface area contributed by atoms with Crippen molar-refractivity contribution in [3.8, 4) is 0 Å². The molecule has 1 aliphatic rings. The summed E-state index contributed by atoms with van der Waals surface area (Å²) in [6.45, 7) is 8.09. The molecule has 0 aromatic heterocycles. The fourth-order valence-corrected chi connectivity index (χ4v) is 2.94. The smallest absolute Gasteiger partial charge is 0.0233 e. The van der Waals surface area contributed by atoms with Crippen LogP contribution < -0.4 is 5.32 Å². The van der Waals surface area contributed by atoms with Gasteiger partial charge in [-0.2, -0.15) is 0 Å². The zero-order valence-corrected chi connectivity index (χ0v) is 11.9. The second-order valence-corrected chi connectivity index (χ2v) is 5.57. The largest absolute Gasteiger partial charge is 0.317 e. The molecule has 1 saturated heterocycles. The third-order valence-electron chi connectivity index (χ3n) is 4.20. The molecule has 2 nitrogen and oxygen atoms in total. The molecule has 1 N–H and O–H groups in total. The van der Waals surface area contributed by atoms with Crippen molar-refractivity contribution < 1.29 is 0 Å². The molecule has 2 heteroatoms. The second kappa shape index (κ2) is 6.35. The number of benzene rings is 1. The van der Waals surface area contributed by atoms with Gasteiger partial charge in [0.05, 0.1) is 0 Å². The molecule has 0 bridgehead atoms. The molecular formula is C16H26N2. The minimum atomic E-state index is 0.698. The highest BCUT2D eigenvalue weighted by Gasteiger charge is 2.24. The minimum absolute atomic E-state index is 0.698. The van der Waals surface area contributed by atoms with Gasteiger partial charge in [0, 0.05) is 19.1 Å². The predicted molar refractivity (Wildman–Crippen MR) is 77.7 cm³/mol. The third kappa shape index (κ3) is 3.33. The number of hydrogen-bond acceptors (Lipinski definition) is 2. The van der Waals surface area contributed by atoms with E-state index in [1.165, 1.54) is 30.6 Å². The van der Waals surface area contributed by atoms with Gasteiger partial charge in [-0.25, -0.2) is 0 Å². The first-order valence-corrected chi connectivity index (χ1v) is 7.20. The summed E-state index contributed by atoms with van der Waals surface area (Å²) in [7, 11) is 2.08. The molecule has 2 atom stereocenters. The van der Waals surface area contributed by atoms with E-state index in [0.29, 0.717) is 6.04 Å². The van der Waals surface area contributed by atoms with Gasteiger partial charge >= 0.3 is 0 Å². The van der Waals surface area contributed by atoms with Crippen molar-refractivity contribution in [2.45, 2.75) is 39.3 Å². The lowest BCUT2D eigenvalue weighted by atomic mass is 9.93. The highest BCUT2D eigenvalue weighted by Crippen LogP contribution is 2.18. The van der Waals surface area contributed by atoms with Crippen LogP contribution in [0.3, 0.4) is 0 Å². The van der Waals surface area contributed by atoms with Gasteiger partial charge in [0.1, 0.15) is 0 Å². The number of likely N-dealkylation sites (tertiary alicyclic amines) is 1. The van der Waals surface area contributed by atoms with Gasteiger partial charge in [-0.15, -0.1) is 0 Å². The Bertz CT molecular complexity index is 358. The Morgan fingerprint density at radius 2 is 1.89 bits per heavy atom. The molecule has 2 rings (SSSR count). The summed E-state index contributed by atoms with van der Waals surface area (Å²) in [4.78, 5) is 2.58. The van der Waals surface area contributed by atoms with Crippen LogP contribution in [-0.4, -0.2) is 31.1 Å². The van der Waals surface area contributed by atoms with Gasteiger partial charge in [0.25, 0.3) is 0 Å². The molecule has 0 saturated carbocycles. The maximum Gasteiger partial charge on any atom is 0.0233 e. The fourth-order valence-electron chi connectivity index (χ4n) is 2.94. The normalized spacial score (nSPS) is 25.3. The van der Waals surface area contributed by atoms with Gasteiger partial charge < -0.3 is 5.32 Å². The van der Waals surface area contributed by atoms with E-state index in [0.717, 1.165) is 18.9 Å². The lowest BCUT2D eigenvalue weighted by molar-refractivity contribution is 0.145.